The van der Waals surface area contributed by atoms with Crippen LogP contribution in [0.15, 0.2) is 84.3 Å². The molecule has 1 atom stereocenters. The molecule has 0 aliphatic carbocycles. The number of hydrogen-bond acceptors (Lipinski definition) is 6. The maximum atomic E-state index is 12.9. The Morgan fingerprint density at radius 1 is 1.03 bits per heavy atom. The average Bonchev–Trinajstić information content (AvgIpc) is 3.30. The molecule has 4 aromatic rings. The Morgan fingerprint density at radius 3 is 2.42 bits per heavy atom. The van der Waals surface area contributed by atoms with Crippen LogP contribution in [0.5, 0.6) is 5.75 Å². The van der Waals surface area contributed by atoms with Crippen molar-refractivity contribution in [1.82, 2.24) is 25.1 Å². The van der Waals surface area contributed by atoms with Gasteiger partial charge >= 0.3 is 0 Å². The molecule has 0 spiro atoms. The molecule has 7 nitrogen and oxygen atoms in total. The molecule has 8 heteroatoms. The molecule has 33 heavy (non-hydrogen) atoms. The summed E-state index contributed by atoms with van der Waals surface area (Å²) in [5.41, 5.74) is 2.84. The van der Waals surface area contributed by atoms with Crippen molar-refractivity contribution in [1.29, 1.82) is 0 Å². The third-order valence-electron chi connectivity index (χ3n) is 5.12. The standard InChI is InChI=1S/C25H25N5O2S/c1-3-22(24(31)27-17-18-7-5-4-6-8-18)33-25-29-28-23(19-13-15-26-16-14-19)30(25)20-9-11-21(32-2)12-10-20/h4-16,22H,3,17H2,1-2H3,(H,27,31). The molecular formula is C25H25N5O2S. The zero-order chi connectivity index (χ0) is 23.0. The summed E-state index contributed by atoms with van der Waals surface area (Å²) in [6, 6.07) is 21.4. The smallest absolute Gasteiger partial charge is 0.233 e. The summed E-state index contributed by atoms with van der Waals surface area (Å²) in [6.07, 6.45) is 4.10. The molecule has 0 aliphatic heterocycles. The Morgan fingerprint density at radius 2 is 1.76 bits per heavy atom. The van der Waals surface area contributed by atoms with Crippen molar-refractivity contribution in [3.63, 3.8) is 0 Å². The summed E-state index contributed by atoms with van der Waals surface area (Å²) in [4.78, 5) is 17.0. The minimum atomic E-state index is -0.305. The summed E-state index contributed by atoms with van der Waals surface area (Å²) in [6.45, 7) is 2.49. The van der Waals surface area contributed by atoms with E-state index in [2.05, 4.69) is 20.5 Å². The topological polar surface area (TPSA) is 81.9 Å². The van der Waals surface area contributed by atoms with E-state index in [0.717, 1.165) is 22.6 Å². The Hall–Kier alpha value is -3.65. The summed E-state index contributed by atoms with van der Waals surface area (Å²) >= 11 is 1.41. The Balaban J connectivity index is 1.61. The van der Waals surface area contributed by atoms with E-state index in [1.54, 1.807) is 19.5 Å². The summed E-state index contributed by atoms with van der Waals surface area (Å²) in [5.74, 6) is 1.42. The molecule has 2 heterocycles. The van der Waals surface area contributed by atoms with Gasteiger partial charge in [0, 0.05) is 30.2 Å². The van der Waals surface area contributed by atoms with Crippen LogP contribution in [0.1, 0.15) is 18.9 Å². The number of nitrogens with zero attached hydrogens (tertiary/aromatic N) is 4. The molecule has 0 aliphatic rings. The predicted octanol–water partition coefficient (Wildman–Crippen LogP) is 4.53. The van der Waals surface area contributed by atoms with Gasteiger partial charge in [0.2, 0.25) is 5.91 Å². The maximum Gasteiger partial charge on any atom is 0.233 e. The van der Waals surface area contributed by atoms with Gasteiger partial charge in [-0.05, 0) is 48.4 Å². The van der Waals surface area contributed by atoms with Crippen LogP contribution in [0, 0.1) is 0 Å². The van der Waals surface area contributed by atoms with Crippen LogP contribution >= 0.6 is 11.8 Å². The lowest BCUT2D eigenvalue weighted by Gasteiger charge is -2.16. The lowest BCUT2D eigenvalue weighted by Crippen LogP contribution is -2.32. The molecule has 168 valence electrons. The van der Waals surface area contributed by atoms with E-state index in [1.807, 2.05) is 78.2 Å². The van der Waals surface area contributed by atoms with Gasteiger partial charge in [-0.1, -0.05) is 49.0 Å². The van der Waals surface area contributed by atoms with Crippen molar-refractivity contribution in [3.05, 3.63) is 84.7 Å². The molecule has 2 aromatic heterocycles. The number of nitrogens with one attached hydrogen (secondary N) is 1. The van der Waals surface area contributed by atoms with E-state index in [-0.39, 0.29) is 11.2 Å². The fourth-order valence-electron chi connectivity index (χ4n) is 3.35. The van der Waals surface area contributed by atoms with Gasteiger partial charge in [0.1, 0.15) is 5.75 Å². The molecule has 2 aromatic carbocycles. The van der Waals surface area contributed by atoms with Gasteiger partial charge in [0.25, 0.3) is 0 Å². The first-order valence-electron chi connectivity index (χ1n) is 10.7. The Kier molecular flexibility index (Phi) is 7.36. The minimum Gasteiger partial charge on any atom is -0.497 e. The van der Waals surface area contributed by atoms with Gasteiger partial charge in [-0.25, -0.2) is 0 Å². The third kappa shape index (κ3) is 5.40. The molecule has 0 radical (unpaired) electrons. The van der Waals surface area contributed by atoms with Crippen molar-refractivity contribution in [2.75, 3.05) is 7.11 Å². The lowest BCUT2D eigenvalue weighted by atomic mass is 10.2. The van der Waals surface area contributed by atoms with Crippen molar-refractivity contribution in [3.8, 4) is 22.8 Å². The fourth-order valence-corrected chi connectivity index (χ4v) is 4.34. The van der Waals surface area contributed by atoms with Crippen LogP contribution < -0.4 is 10.1 Å². The number of amides is 1. The van der Waals surface area contributed by atoms with E-state index < -0.39 is 0 Å². The van der Waals surface area contributed by atoms with Crippen LogP contribution in [0.3, 0.4) is 0 Å². The van der Waals surface area contributed by atoms with Crippen LogP contribution in [-0.2, 0) is 11.3 Å². The molecule has 1 N–H and O–H groups in total. The van der Waals surface area contributed by atoms with Gasteiger partial charge in [-0.15, -0.1) is 10.2 Å². The lowest BCUT2D eigenvalue weighted by molar-refractivity contribution is -0.120. The Bertz CT molecular complexity index is 1180. The van der Waals surface area contributed by atoms with Crippen LogP contribution in [-0.4, -0.2) is 38.0 Å². The quantitative estimate of drug-likeness (QED) is 0.371. The summed E-state index contributed by atoms with van der Waals surface area (Å²) in [5, 5.41) is 12.3. The highest BCUT2D eigenvalue weighted by atomic mass is 32.2. The predicted molar refractivity (Wildman–Crippen MR) is 129 cm³/mol. The fraction of sp³-hybridized carbons (Fsp3) is 0.200. The second kappa shape index (κ2) is 10.8. The van der Waals surface area contributed by atoms with Crippen molar-refractivity contribution in [2.45, 2.75) is 30.3 Å². The van der Waals surface area contributed by atoms with Gasteiger partial charge in [-0.2, -0.15) is 0 Å². The van der Waals surface area contributed by atoms with E-state index in [1.165, 1.54) is 11.8 Å². The summed E-state index contributed by atoms with van der Waals surface area (Å²) in [7, 11) is 1.64. The molecule has 4 rings (SSSR count). The number of ether oxygens (including phenoxy) is 1. The van der Waals surface area contributed by atoms with Gasteiger partial charge < -0.3 is 10.1 Å². The molecule has 0 saturated heterocycles. The van der Waals surface area contributed by atoms with Crippen molar-refractivity contribution in [2.24, 2.45) is 0 Å². The molecule has 1 unspecified atom stereocenters. The third-order valence-corrected chi connectivity index (χ3v) is 6.43. The van der Waals surface area contributed by atoms with Gasteiger partial charge in [0.15, 0.2) is 11.0 Å². The highest BCUT2D eigenvalue weighted by Crippen LogP contribution is 2.31. The first kappa shape index (κ1) is 22.5. The van der Waals surface area contributed by atoms with Crippen molar-refractivity contribution >= 4 is 17.7 Å². The minimum absolute atomic E-state index is 0.0268. The van der Waals surface area contributed by atoms with Crippen molar-refractivity contribution < 1.29 is 9.53 Å². The molecule has 1 amide bonds. The van der Waals surface area contributed by atoms with Gasteiger partial charge in [0.05, 0.1) is 12.4 Å². The van der Waals surface area contributed by atoms with E-state index >= 15 is 0 Å². The second-order valence-corrected chi connectivity index (χ2v) is 8.46. The van der Waals surface area contributed by atoms with Crippen LogP contribution in [0.25, 0.3) is 17.1 Å². The number of carbonyl (C=O) groups is 1. The number of hydrogen-bond donors (Lipinski definition) is 1. The molecule has 0 saturated carbocycles. The largest absolute Gasteiger partial charge is 0.497 e. The number of carbonyl (C=O) groups excluding carboxylic acids is 1. The van der Waals surface area contributed by atoms with E-state index in [0.29, 0.717) is 23.9 Å². The molecule has 0 fully saturated rings. The number of pyridine rings is 1. The monoisotopic (exact) mass is 459 g/mol. The SMILES string of the molecule is CCC(Sc1nnc(-c2ccncc2)n1-c1ccc(OC)cc1)C(=O)NCc1ccccc1. The number of thioether (sulfide) groups is 1. The normalized spacial score (nSPS) is 11.7. The zero-order valence-electron chi connectivity index (χ0n) is 18.5. The average molecular weight is 460 g/mol. The highest BCUT2D eigenvalue weighted by Gasteiger charge is 2.24. The number of methoxy groups -OCH3 is 1. The number of rotatable bonds is 9. The van der Waals surface area contributed by atoms with Crippen LogP contribution in [0.4, 0.5) is 0 Å². The zero-order valence-corrected chi connectivity index (χ0v) is 19.3. The number of benzene rings is 2. The second-order valence-electron chi connectivity index (χ2n) is 7.29. The summed E-state index contributed by atoms with van der Waals surface area (Å²) < 4.78 is 7.27. The first-order chi connectivity index (χ1) is 16.2. The van der Waals surface area contributed by atoms with E-state index in [9.17, 15) is 4.79 Å². The number of aromatic nitrogens is 4. The highest BCUT2D eigenvalue weighted by molar-refractivity contribution is 8.00. The van der Waals surface area contributed by atoms with Crippen LogP contribution in [0.2, 0.25) is 0 Å². The van der Waals surface area contributed by atoms with Gasteiger partial charge in [-0.3, -0.25) is 14.3 Å². The Labute approximate surface area is 197 Å². The molecular weight excluding hydrogens is 434 g/mol. The first-order valence-corrected chi connectivity index (χ1v) is 11.6. The maximum absolute atomic E-state index is 12.9. The molecule has 0 bridgehead atoms. The van der Waals surface area contributed by atoms with E-state index in [4.69, 9.17) is 4.74 Å².